The van der Waals surface area contributed by atoms with Gasteiger partial charge in [-0.3, -0.25) is 0 Å². The number of fused-ring (bicyclic) bond motifs is 1. The largest absolute Gasteiger partial charge is 0.497 e. The summed E-state index contributed by atoms with van der Waals surface area (Å²) in [5.74, 6) is 0.567. The van der Waals surface area contributed by atoms with Crippen molar-refractivity contribution in [2.75, 3.05) is 18.2 Å². The van der Waals surface area contributed by atoms with Gasteiger partial charge in [0.15, 0.2) is 0 Å². The third-order valence-electron chi connectivity index (χ3n) is 7.70. The maximum absolute atomic E-state index is 14.0. The van der Waals surface area contributed by atoms with Crippen LogP contribution < -0.4 is 20.5 Å². The van der Waals surface area contributed by atoms with Gasteiger partial charge < -0.3 is 15.8 Å². The number of sulfonamides is 1. The summed E-state index contributed by atoms with van der Waals surface area (Å²) in [7, 11) is -1.64. The number of amidine groups is 1. The molecule has 0 amide bonds. The van der Waals surface area contributed by atoms with Gasteiger partial charge in [0.05, 0.1) is 46.5 Å². The molecule has 0 atom stereocenters. The number of nitrogens with zero attached hydrogens (tertiary/aromatic N) is 3. The van der Waals surface area contributed by atoms with E-state index in [1.807, 2.05) is 44.3 Å². The van der Waals surface area contributed by atoms with E-state index in [0.29, 0.717) is 24.8 Å². The van der Waals surface area contributed by atoms with Crippen LogP contribution in [0.25, 0.3) is 16.6 Å². The highest BCUT2D eigenvalue weighted by molar-refractivity contribution is 7.89. The summed E-state index contributed by atoms with van der Waals surface area (Å²) < 4.78 is 48.6. The Labute approximate surface area is 256 Å². The normalized spacial score (nSPS) is 17.7. The average molecular weight is 627 g/mol. The van der Waals surface area contributed by atoms with E-state index in [0.717, 1.165) is 46.5 Å². The van der Waals surface area contributed by atoms with Gasteiger partial charge in [0, 0.05) is 29.9 Å². The number of hydrogen-bond acceptors (Lipinski definition) is 6. The van der Waals surface area contributed by atoms with E-state index in [1.165, 1.54) is 18.2 Å². The quantitative estimate of drug-likeness (QED) is 0.142. The molecule has 12 heteroatoms. The molecule has 43 heavy (non-hydrogen) atoms. The molecule has 0 aliphatic heterocycles. The molecule has 4 N–H and O–H groups in total. The Morgan fingerprint density at radius 3 is 2.60 bits per heavy atom. The van der Waals surface area contributed by atoms with Gasteiger partial charge in [0.25, 0.3) is 0 Å². The molecule has 1 aliphatic rings. The maximum atomic E-state index is 14.0. The van der Waals surface area contributed by atoms with Crippen LogP contribution >= 0.6 is 11.6 Å². The zero-order chi connectivity index (χ0) is 30.7. The summed E-state index contributed by atoms with van der Waals surface area (Å²) in [5, 5.41) is 8.56. The third kappa shape index (κ3) is 7.11. The first-order valence-corrected chi connectivity index (χ1v) is 16.3. The first-order valence-electron chi connectivity index (χ1n) is 14.3. The van der Waals surface area contributed by atoms with Gasteiger partial charge in [-0.1, -0.05) is 24.6 Å². The second-order valence-corrected chi connectivity index (χ2v) is 13.2. The van der Waals surface area contributed by atoms with Gasteiger partial charge in [0.1, 0.15) is 17.4 Å². The molecule has 1 fully saturated rings. The number of ether oxygens (including phenoxy) is 1. The monoisotopic (exact) mass is 626 g/mol. The summed E-state index contributed by atoms with van der Waals surface area (Å²) in [6, 6.07) is 11.9. The molecule has 228 valence electrons. The fraction of sp³-hybridized carbons (Fsp3) is 0.355. The Bertz CT molecular complexity index is 1770. The molecule has 9 nitrogen and oxygen atoms in total. The number of benzene rings is 2. The number of methoxy groups -OCH3 is 1. The molecule has 0 saturated heterocycles. The van der Waals surface area contributed by atoms with E-state index in [1.54, 1.807) is 17.8 Å². The van der Waals surface area contributed by atoms with Crippen molar-refractivity contribution in [3.63, 3.8) is 0 Å². The standard InChI is InChI=1S/C31H36ClFN6O3S/c1-4-13-43(40,41)38-23-8-6-22(7-9-23)36-30-26(31(34)37-28-16-21(33)5-12-27(28)32)17-35-39-18-20(15-29(30)39)25-11-10-24(42-3)14-19(25)2/h5,10-12,14-18,22-23,36,38H,4,6-9,13H2,1-3H3,(H2,34,37). The van der Waals surface area contributed by atoms with Gasteiger partial charge in [-0.15, -0.1) is 0 Å². The summed E-state index contributed by atoms with van der Waals surface area (Å²) in [6.07, 6.45) is 7.09. The van der Waals surface area contributed by atoms with E-state index in [2.05, 4.69) is 20.1 Å². The van der Waals surface area contributed by atoms with Crippen LogP contribution in [0.2, 0.25) is 5.02 Å². The van der Waals surface area contributed by atoms with Crippen LogP contribution in [0.15, 0.2) is 59.9 Å². The Morgan fingerprint density at radius 1 is 1.16 bits per heavy atom. The lowest BCUT2D eigenvalue weighted by molar-refractivity contribution is 0.387. The van der Waals surface area contributed by atoms with Crippen molar-refractivity contribution in [1.29, 1.82) is 0 Å². The minimum atomic E-state index is -3.28. The number of rotatable bonds is 10. The molecule has 0 spiro atoms. The summed E-state index contributed by atoms with van der Waals surface area (Å²) in [6.45, 7) is 3.88. The SMILES string of the molecule is CCCS(=O)(=O)NC1CCC(Nc2c(C(N)=Nc3cc(F)ccc3Cl)cnn3cc(-c4ccc(OC)cc4C)cc23)CC1. The first kappa shape index (κ1) is 30.8. The number of halogens is 2. The Balaban J connectivity index is 1.51. The number of nitrogens with two attached hydrogens (primary N) is 1. The Morgan fingerprint density at radius 2 is 1.91 bits per heavy atom. The minimum Gasteiger partial charge on any atom is -0.497 e. The smallest absolute Gasteiger partial charge is 0.211 e. The molecule has 1 saturated carbocycles. The van der Waals surface area contributed by atoms with Crippen LogP contribution in [-0.2, 0) is 10.0 Å². The lowest BCUT2D eigenvalue weighted by Gasteiger charge is -2.30. The zero-order valence-electron chi connectivity index (χ0n) is 24.4. The molecule has 0 unspecified atom stereocenters. The predicted octanol–water partition coefficient (Wildman–Crippen LogP) is 6.20. The molecular weight excluding hydrogens is 591 g/mol. The number of aryl methyl sites for hydroxylation is 1. The maximum Gasteiger partial charge on any atom is 0.211 e. The fourth-order valence-electron chi connectivity index (χ4n) is 5.54. The molecule has 1 aliphatic carbocycles. The molecule has 2 heterocycles. The lowest BCUT2D eigenvalue weighted by atomic mass is 9.91. The molecule has 0 bridgehead atoms. The lowest BCUT2D eigenvalue weighted by Crippen LogP contribution is -2.41. The van der Waals surface area contributed by atoms with E-state index < -0.39 is 15.8 Å². The second kappa shape index (κ2) is 12.9. The molecule has 2 aromatic carbocycles. The van der Waals surface area contributed by atoms with Crippen LogP contribution in [0.1, 0.15) is 50.2 Å². The second-order valence-electron chi connectivity index (χ2n) is 10.9. The highest BCUT2D eigenvalue weighted by atomic mass is 35.5. The van der Waals surface area contributed by atoms with Crippen LogP contribution in [0.5, 0.6) is 5.75 Å². The number of aromatic nitrogens is 2. The van der Waals surface area contributed by atoms with Gasteiger partial charge in [-0.2, -0.15) is 5.10 Å². The third-order valence-corrected chi connectivity index (χ3v) is 9.66. The van der Waals surface area contributed by atoms with E-state index in [9.17, 15) is 12.8 Å². The van der Waals surface area contributed by atoms with E-state index in [-0.39, 0.29) is 34.4 Å². The fourth-order valence-corrected chi connectivity index (χ4v) is 7.10. The van der Waals surface area contributed by atoms with Gasteiger partial charge in [0.2, 0.25) is 10.0 Å². The minimum absolute atomic E-state index is 0.0588. The average Bonchev–Trinajstić information content (AvgIpc) is 3.40. The number of anilines is 1. The highest BCUT2D eigenvalue weighted by Crippen LogP contribution is 2.34. The Kier molecular flexibility index (Phi) is 9.24. The van der Waals surface area contributed by atoms with Crippen molar-refractivity contribution < 1.29 is 17.5 Å². The Hall–Kier alpha value is -3.67. The van der Waals surface area contributed by atoms with Crippen molar-refractivity contribution in [3.05, 3.63) is 76.8 Å². The number of nitrogens with one attached hydrogen (secondary N) is 2. The van der Waals surface area contributed by atoms with Gasteiger partial charge in [-0.25, -0.2) is 27.0 Å². The summed E-state index contributed by atoms with van der Waals surface area (Å²) >= 11 is 6.28. The molecular formula is C31H36ClFN6O3S. The molecule has 0 radical (unpaired) electrons. The number of aliphatic imine (C=N–C) groups is 1. The first-order chi connectivity index (χ1) is 20.6. The van der Waals surface area contributed by atoms with Crippen molar-refractivity contribution in [2.45, 2.75) is 58.0 Å². The van der Waals surface area contributed by atoms with Crippen molar-refractivity contribution in [2.24, 2.45) is 10.7 Å². The topological polar surface area (TPSA) is 123 Å². The summed E-state index contributed by atoms with van der Waals surface area (Å²) in [5.41, 5.74) is 11.9. The molecule has 5 rings (SSSR count). The molecule has 2 aromatic heterocycles. The van der Waals surface area contributed by atoms with Crippen LogP contribution in [0.3, 0.4) is 0 Å². The van der Waals surface area contributed by atoms with Crippen molar-refractivity contribution in [3.8, 4) is 16.9 Å². The van der Waals surface area contributed by atoms with Gasteiger partial charge in [-0.05, 0) is 80.5 Å². The van der Waals surface area contributed by atoms with Crippen LogP contribution in [0, 0.1) is 12.7 Å². The zero-order valence-corrected chi connectivity index (χ0v) is 26.0. The summed E-state index contributed by atoms with van der Waals surface area (Å²) in [4.78, 5) is 4.46. The van der Waals surface area contributed by atoms with Crippen LogP contribution in [-0.4, -0.2) is 48.8 Å². The van der Waals surface area contributed by atoms with E-state index in [4.69, 9.17) is 22.1 Å². The van der Waals surface area contributed by atoms with Crippen LogP contribution in [0.4, 0.5) is 15.8 Å². The highest BCUT2D eigenvalue weighted by Gasteiger charge is 2.26. The molecule has 4 aromatic rings. The number of hydrogen-bond donors (Lipinski definition) is 3. The van der Waals surface area contributed by atoms with Crippen molar-refractivity contribution >= 4 is 44.4 Å². The van der Waals surface area contributed by atoms with E-state index >= 15 is 0 Å². The predicted molar refractivity (Wildman–Crippen MR) is 171 cm³/mol. The van der Waals surface area contributed by atoms with Crippen molar-refractivity contribution in [1.82, 2.24) is 14.3 Å². The van der Waals surface area contributed by atoms with Gasteiger partial charge >= 0.3 is 0 Å².